The van der Waals surface area contributed by atoms with Crippen LogP contribution in [0.2, 0.25) is 0 Å². The first-order chi connectivity index (χ1) is 11.5. The quantitative estimate of drug-likeness (QED) is 0.862. The first-order valence-corrected chi connectivity index (χ1v) is 8.03. The maximum Gasteiger partial charge on any atom is 0.230 e. The van der Waals surface area contributed by atoms with Crippen LogP contribution in [0.3, 0.4) is 0 Å². The van der Waals surface area contributed by atoms with Crippen molar-refractivity contribution in [2.45, 2.75) is 33.2 Å². The van der Waals surface area contributed by atoms with Gasteiger partial charge in [0.2, 0.25) is 5.91 Å². The van der Waals surface area contributed by atoms with Crippen molar-refractivity contribution in [2.24, 2.45) is 0 Å². The molecule has 6 nitrogen and oxygen atoms in total. The molecule has 2 aromatic rings. The lowest BCUT2D eigenvalue weighted by Crippen LogP contribution is -2.30. The molecule has 0 aliphatic carbocycles. The zero-order valence-corrected chi connectivity index (χ0v) is 14.5. The Morgan fingerprint density at radius 1 is 1.25 bits per heavy atom. The second-order valence-corrected chi connectivity index (χ2v) is 6.13. The summed E-state index contributed by atoms with van der Waals surface area (Å²) in [7, 11) is 1.80. The van der Waals surface area contributed by atoms with Crippen LogP contribution < -0.4 is 9.47 Å². The van der Waals surface area contributed by atoms with Gasteiger partial charge < -0.3 is 18.9 Å². The van der Waals surface area contributed by atoms with Crippen LogP contribution in [0, 0.1) is 13.8 Å². The van der Waals surface area contributed by atoms with Crippen LogP contribution >= 0.6 is 0 Å². The highest BCUT2D eigenvalue weighted by atomic mass is 16.6. The molecule has 0 radical (unpaired) electrons. The van der Waals surface area contributed by atoms with Crippen molar-refractivity contribution in [1.29, 1.82) is 0 Å². The van der Waals surface area contributed by atoms with E-state index in [-0.39, 0.29) is 11.8 Å². The second-order valence-electron chi connectivity index (χ2n) is 6.13. The molecule has 1 aromatic heterocycles. The van der Waals surface area contributed by atoms with Gasteiger partial charge in [-0.2, -0.15) is 0 Å². The number of amides is 1. The van der Waals surface area contributed by atoms with E-state index >= 15 is 0 Å². The van der Waals surface area contributed by atoms with Gasteiger partial charge >= 0.3 is 0 Å². The predicted molar refractivity (Wildman–Crippen MR) is 88.3 cm³/mol. The zero-order chi connectivity index (χ0) is 17.3. The number of rotatable bonds is 4. The van der Waals surface area contributed by atoms with E-state index < -0.39 is 0 Å². The van der Waals surface area contributed by atoms with Gasteiger partial charge in [-0.3, -0.25) is 4.79 Å². The molecule has 1 unspecified atom stereocenters. The van der Waals surface area contributed by atoms with Crippen LogP contribution in [0.5, 0.6) is 11.5 Å². The summed E-state index contributed by atoms with van der Waals surface area (Å²) in [6.07, 6.45) is 0. The van der Waals surface area contributed by atoms with E-state index in [0.29, 0.717) is 25.5 Å². The van der Waals surface area contributed by atoms with Gasteiger partial charge in [-0.1, -0.05) is 11.2 Å². The van der Waals surface area contributed by atoms with Gasteiger partial charge in [0, 0.05) is 19.2 Å². The normalized spacial score (nSPS) is 14.3. The summed E-state index contributed by atoms with van der Waals surface area (Å²) in [6, 6.07) is 5.77. The molecule has 0 saturated carbocycles. The summed E-state index contributed by atoms with van der Waals surface area (Å²) >= 11 is 0. The van der Waals surface area contributed by atoms with E-state index in [0.717, 1.165) is 28.3 Å². The molecule has 6 heteroatoms. The molecule has 0 spiro atoms. The molecule has 1 amide bonds. The Morgan fingerprint density at radius 3 is 2.62 bits per heavy atom. The Kier molecular flexibility index (Phi) is 4.46. The Bertz CT molecular complexity index is 734. The molecule has 3 rings (SSSR count). The number of aromatic nitrogens is 1. The summed E-state index contributed by atoms with van der Waals surface area (Å²) < 4.78 is 16.3. The van der Waals surface area contributed by atoms with Crippen LogP contribution in [0.4, 0.5) is 0 Å². The van der Waals surface area contributed by atoms with Gasteiger partial charge in [-0.05, 0) is 38.5 Å². The molecule has 0 saturated heterocycles. The van der Waals surface area contributed by atoms with Crippen molar-refractivity contribution in [2.75, 3.05) is 20.3 Å². The predicted octanol–water partition coefficient (Wildman–Crippen LogP) is 2.82. The number of carbonyl (C=O) groups excluding carboxylic acids is 1. The van der Waals surface area contributed by atoms with Gasteiger partial charge in [0.1, 0.15) is 19.0 Å². The molecule has 2 heterocycles. The van der Waals surface area contributed by atoms with E-state index in [1.54, 1.807) is 11.9 Å². The van der Waals surface area contributed by atoms with Gasteiger partial charge in [0.15, 0.2) is 11.5 Å². The van der Waals surface area contributed by atoms with Crippen LogP contribution in [0.25, 0.3) is 0 Å². The third-order valence-corrected chi connectivity index (χ3v) is 4.29. The molecule has 128 valence electrons. The van der Waals surface area contributed by atoms with E-state index in [1.165, 1.54) is 0 Å². The van der Waals surface area contributed by atoms with Crippen molar-refractivity contribution in [1.82, 2.24) is 10.1 Å². The minimum absolute atomic E-state index is 0.0271. The van der Waals surface area contributed by atoms with Crippen molar-refractivity contribution < 1.29 is 18.8 Å². The minimum Gasteiger partial charge on any atom is -0.486 e. The SMILES string of the molecule is Cc1noc(C)c1C(C)C(=O)N(C)Cc1ccc2c(c1)OCCO2. The zero-order valence-electron chi connectivity index (χ0n) is 14.5. The Balaban J connectivity index is 1.72. The molecule has 0 N–H and O–H groups in total. The fourth-order valence-electron chi connectivity index (χ4n) is 3.10. The topological polar surface area (TPSA) is 64.8 Å². The third-order valence-electron chi connectivity index (χ3n) is 4.29. The van der Waals surface area contributed by atoms with Gasteiger partial charge in [0.25, 0.3) is 0 Å². The highest BCUT2D eigenvalue weighted by molar-refractivity contribution is 5.83. The molecule has 0 fully saturated rings. The molecule has 1 aliphatic heterocycles. The number of nitrogens with zero attached hydrogens (tertiary/aromatic N) is 2. The number of aryl methyl sites for hydroxylation is 2. The first kappa shape index (κ1) is 16.4. The molecule has 1 aliphatic rings. The van der Waals surface area contributed by atoms with Gasteiger partial charge in [-0.15, -0.1) is 0 Å². The summed E-state index contributed by atoms with van der Waals surface area (Å²) in [4.78, 5) is 14.4. The number of likely N-dealkylation sites (N-methyl/N-ethyl adjacent to an activating group) is 1. The first-order valence-electron chi connectivity index (χ1n) is 8.03. The lowest BCUT2D eigenvalue weighted by molar-refractivity contribution is -0.131. The smallest absolute Gasteiger partial charge is 0.230 e. The standard InChI is InChI=1S/C18H22N2O4/c1-11(17-12(2)19-24-13(17)3)18(21)20(4)10-14-5-6-15-16(9-14)23-8-7-22-15/h5-6,9,11H,7-8,10H2,1-4H3. The number of hydrogen-bond donors (Lipinski definition) is 0. The maximum atomic E-state index is 12.7. The monoisotopic (exact) mass is 330 g/mol. The average molecular weight is 330 g/mol. The highest BCUT2D eigenvalue weighted by Crippen LogP contribution is 2.31. The summed E-state index contributed by atoms with van der Waals surface area (Å²) in [5.74, 6) is 1.92. The van der Waals surface area contributed by atoms with Gasteiger partial charge in [0.05, 0.1) is 11.6 Å². The summed E-state index contributed by atoms with van der Waals surface area (Å²) in [5, 5.41) is 3.93. The van der Waals surface area contributed by atoms with Crippen LogP contribution in [-0.4, -0.2) is 36.2 Å². The Morgan fingerprint density at radius 2 is 1.96 bits per heavy atom. The largest absolute Gasteiger partial charge is 0.486 e. The van der Waals surface area contributed by atoms with Gasteiger partial charge in [-0.25, -0.2) is 0 Å². The molecule has 24 heavy (non-hydrogen) atoms. The third kappa shape index (κ3) is 3.09. The van der Waals surface area contributed by atoms with E-state index in [1.807, 2.05) is 39.0 Å². The average Bonchev–Trinajstić information content (AvgIpc) is 2.92. The van der Waals surface area contributed by atoms with E-state index in [4.69, 9.17) is 14.0 Å². The number of fused-ring (bicyclic) bond motifs is 1. The molecular formula is C18H22N2O4. The van der Waals surface area contributed by atoms with Crippen LogP contribution in [0.1, 0.15) is 35.4 Å². The molecular weight excluding hydrogens is 308 g/mol. The summed E-state index contributed by atoms with van der Waals surface area (Å²) in [6.45, 7) is 7.20. The Labute approximate surface area is 141 Å². The van der Waals surface area contributed by atoms with Crippen molar-refractivity contribution >= 4 is 5.91 Å². The number of hydrogen-bond acceptors (Lipinski definition) is 5. The minimum atomic E-state index is -0.293. The van der Waals surface area contributed by atoms with E-state index in [2.05, 4.69) is 5.16 Å². The van der Waals surface area contributed by atoms with Crippen molar-refractivity contribution in [3.63, 3.8) is 0 Å². The number of benzene rings is 1. The fraction of sp³-hybridized carbons (Fsp3) is 0.444. The van der Waals surface area contributed by atoms with Crippen molar-refractivity contribution in [3.05, 3.63) is 40.8 Å². The summed E-state index contributed by atoms with van der Waals surface area (Å²) in [5.41, 5.74) is 2.64. The highest BCUT2D eigenvalue weighted by Gasteiger charge is 2.25. The fourth-order valence-corrected chi connectivity index (χ4v) is 3.10. The lowest BCUT2D eigenvalue weighted by atomic mass is 9.98. The van der Waals surface area contributed by atoms with Crippen molar-refractivity contribution in [3.8, 4) is 11.5 Å². The molecule has 1 aromatic carbocycles. The van der Waals surface area contributed by atoms with E-state index in [9.17, 15) is 4.79 Å². The molecule has 0 bridgehead atoms. The molecule has 1 atom stereocenters. The second kappa shape index (κ2) is 6.55. The number of carbonyl (C=O) groups is 1. The Hall–Kier alpha value is -2.50. The maximum absolute atomic E-state index is 12.7. The lowest BCUT2D eigenvalue weighted by Gasteiger charge is -2.23. The van der Waals surface area contributed by atoms with Crippen LogP contribution in [0.15, 0.2) is 22.7 Å². The van der Waals surface area contributed by atoms with Crippen LogP contribution in [-0.2, 0) is 11.3 Å². The number of ether oxygens (including phenoxy) is 2.